The van der Waals surface area contributed by atoms with Gasteiger partial charge in [0.1, 0.15) is 5.75 Å². The third-order valence-corrected chi connectivity index (χ3v) is 10.7. The largest absolute Gasteiger partial charge is 0.506 e. The Morgan fingerprint density at radius 2 is 0.544 bits per heavy atom. The summed E-state index contributed by atoms with van der Waals surface area (Å²) in [7, 11) is 0. The first-order valence-corrected chi connectivity index (χ1v) is 16.1. The van der Waals surface area contributed by atoms with E-state index in [0.29, 0.717) is 0 Å². The summed E-state index contributed by atoms with van der Waals surface area (Å²) < 4.78 is 0. The lowest BCUT2D eigenvalue weighted by molar-refractivity contribution is 0.112. The molecule has 0 amide bonds. The summed E-state index contributed by atoms with van der Waals surface area (Å²) in [6.07, 6.45) is 0.0190. The van der Waals surface area contributed by atoms with E-state index < -0.39 is 179 Å². The number of aldehydes is 1. The summed E-state index contributed by atoms with van der Waals surface area (Å²) >= 11 is 0. The van der Waals surface area contributed by atoms with Crippen molar-refractivity contribution in [3.63, 3.8) is 0 Å². The standard InChI is InChI=1S/C39H22O18/c40-5-8-11-12-13-16(27(45)31(49)19(12)35(53)38(56)26(11)44)9(24(42)29(47)18(13)23(8)41)6-2-1-3-7(4-6)10-17-14-15-21(32(50)28(17)46)36(54)39(57)37(55)22(15)34(52)33(51)20(14)30(48)25(10)43/h1-5,41-57H. The molecule has 0 saturated heterocycles. The summed E-state index contributed by atoms with van der Waals surface area (Å²) in [6.45, 7) is 0. The van der Waals surface area contributed by atoms with Crippen molar-refractivity contribution in [2.75, 3.05) is 0 Å². The van der Waals surface area contributed by atoms with Crippen molar-refractivity contribution in [1.29, 1.82) is 0 Å². The molecular weight excluding hydrogens is 756 g/mol. The Kier molecular flexibility index (Phi) is 6.29. The van der Waals surface area contributed by atoms with Crippen molar-refractivity contribution in [3.05, 3.63) is 29.8 Å². The van der Waals surface area contributed by atoms with Crippen molar-refractivity contribution in [1.82, 2.24) is 0 Å². The van der Waals surface area contributed by atoms with E-state index in [-0.39, 0.29) is 17.4 Å². The van der Waals surface area contributed by atoms with Crippen molar-refractivity contribution in [2.45, 2.75) is 0 Å². The summed E-state index contributed by atoms with van der Waals surface area (Å²) in [4.78, 5) is 12.2. The van der Waals surface area contributed by atoms with Gasteiger partial charge >= 0.3 is 0 Å². The van der Waals surface area contributed by atoms with Crippen molar-refractivity contribution in [2.24, 2.45) is 0 Å². The number of carbonyl (C=O) groups excluding carboxylic acids is 1. The fourth-order valence-electron chi connectivity index (χ4n) is 8.23. The fourth-order valence-corrected chi connectivity index (χ4v) is 8.23. The number of benzene rings is 9. The van der Waals surface area contributed by atoms with E-state index in [1.165, 1.54) is 18.2 Å². The smallest absolute Gasteiger partial charge is 0.201 e. The van der Waals surface area contributed by atoms with Crippen LogP contribution in [0, 0.1) is 0 Å². The predicted octanol–water partition coefficient (Wildman–Crippen LogP) is 5.62. The maximum absolute atomic E-state index is 12.2. The van der Waals surface area contributed by atoms with Crippen LogP contribution in [0.15, 0.2) is 24.3 Å². The first-order chi connectivity index (χ1) is 26.9. The summed E-state index contributed by atoms with van der Waals surface area (Å²) in [5, 5.41) is 181. The minimum Gasteiger partial charge on any atom is -0.506 e. The van der Waals surface area contributed by atoms with E-state index in [4.69, 9.17) is 0 Å². The van der Waals surface area contributed by atoms with Crippen LogP contribution in [0.4, 0.5) is 0 Å². The quantitative estimate of drug-likeness (QED) is 0.0587. The molecular formula is C39H22O18. The summed E-state index contributed by atoms with van der Waals surface area (Å²) in [5.41, 5.74) is -2.33. The minimum atomic E-state index is -1.27. The second kappa shape index (κ2) is 10.5. The van der Waals surface area contributed by atoms with E-state index in [9.17, 15) is 91.6 Å². The lowest BCUT2D eigenvalue weighted by atomic mass is 9.83. The molecule has 57 heavy (non-hydrogen) atoms. The molecule has 0 spiro atoms. The zero-order valence-corrected chi connectivity index (χ0v) is 27.9. The molecule has 0 heterocycles. The number of hydrogen-bond donors (Lipinski definition) is 17. The highest BCUT2D eigenvalue weighted by Crippen LogP contribution is 2.65. The van der Waals surface area contributed by atoms with Gasteiger partial charge in [-0.2, -0.15) is 0 Å². The molecule has 0 fully saturated rings. The van der Waals surface area contributed by atoms with Crippen LogP contribution in [0.1, 0.15) is 10.4 Å². The lowest BCUT2D eigenvalue weighted by Gasteiger charge is -2.23. The van der Waals surface area contributed by atoms with E-state index in [1.807, 2.05) is 0 Å². The number of rotatable bonds is 3. The zero-order valence-electron chi connectivity index (χ0n) is 27.9. The van der Waals surface area contributed by atoms with Crippen LogP contribution >= 0.6 is 0 Å². The van der Waals surface area contributed by atoms with Gasteiger partial charge in [0.2, 0.25) is 11.5 Å². The summed E-state index contributed by atoms with van der Waals surface area (Å²) in [6, 6.07) is 4.85. The average Bonchev–Trinajstić information content (AvgIpc) is 3.18. The molecule has 9 rings (SSSR count). The maximum Gasteiger partial charge on any atom is 0.201 e. The Morgan fingerprint density at radius 3 is 0.912 bits per heavy atom. The Balaban J connectivity index is 1.47. The van der Waals surface area contributed by atoms with Crippen LogP contribution in [0.25, 0.3) is 86.9 Å². The molecule has 0 saturated carbocycles. The molecule has 0 aliphatic rings. The van der Waals surface area contributed by atoms with Crippen LogP contribution in [-0.2, 0) is 0 Å². The molecule has 18 nitrogen and oxygen atoms in total. The molecule has 9 aromatic carbocycles. The van der Waals surface area contributed by atoms with E-state index in [1.54, 1.807) is 0 Å². The monoisotopic (exact) mass is 778 g/mol. The van der Waals surface area contributed by atoms with Gasteiger partial charge in [0.15, 0.2) is 86.8 Å². The molecule has 0 bridgehead atoms. The van der Waals surface area contributed by atoms with E-state index in [0.717, 1.165) is 6.07 Å². The first-order valence-electron chi connectivity index (χ1n) is 16.1. The van der Waals surface area contributed by atoms with Crippen LogP contribution < -0.4 is 0 Å². The average molecular weight is 779 g/mol. The number of hydrogen-bond acceptors (Lipinski definition) is 18. The second-order valence-corrected chi connectivity index (χ2v) is 13.3. The van der Waals surface area contributed by atoms with Crippen molar-refractivity contribution < 1.29 is 91.6 Å². The predicted molar refractivity (Wildman–Crippen MR) is 198 cm³/mol. The van der Waals surface area contributed by atoms with Gasteiger partial charge < -0.3 is 86.8 Å². The fraction of sp³-hybridized carbons (Fsp3) is 0. The third-order valence-electron chi connectivity index (χ3n) is 10.7. The Morgan fingerprint density at radius 1 is 0.281 bits per heavy atom. The van der Waals surface area contributed by atoms with Crippen LogP contribution in [0.2, 0.25) is 0 Å². The highest BCUT2D eigenvalue weighted by molar-refractivity contribution is 6.38. The number of phenolic OH excluding ortho intramolecular Hbond substituents is 17. The SMILES string of the molecule is O=Cc1c(O)c2c(O)c(O)c(-c3cccc(-c4c(O)c(O)c5c(O)c(O)c6c(O)c(O)c(O)c7c(O)c(O)c4c5c67)c3)c3c(O)c(O)c4c(O)c(O)c(O)c1c4c23. The van der Waals surface area contributed by atoms with E-state index >= 15 is 0 Å². The molecule has 0 aliphatic carbocycles. The summed E-state index contributed by atoms with van der Waals surface area (Å²) in [5.74, 6) is -19.7. The normalized spacial score (nSPS) is 12.1. The third kappa shape index (κ3) is 3.65. The van der Waals surface area contributed by atoms with Gasteiger partial charge in [-0.1, -0.05) is 18.2 Å². The van der Waals surface area contributed by atoms with E-state index in [2.05, 4.69) is 0 Å². The highest BCUT2D eigenvalue weighted by atomic mass is 16.3. The van der Waals surface area contributed by atoms with Crippen molar-refractivity contribution in [3.8, 4) is 120 Å². The van der Waals surface area contributed by atoms with Gasteiger partial charge in [-0.15, -0.1) is 0 Å². The lowest BCUT2D eigenvalue weighted by Crippen LogP contribution is -1.96. The van der Waals surface area contributed by atoms with Gasteiger partial charge in [-0.25, -0.2) is 0 Å². The molecule has 0 aliphatic heterocycles. The van der Waals surface area contributed by atoms with Crippen LogP contribution in [0.3, 0.4) is 0 Å². The highest BCUT2D eigenvalue weighted by Gasteiger charge is 2.36. The molecule has 9 aromatic rings. The molecule has 18 heteroatoms. The molecule has 0 atom stereocenters. The second-order valence-electron chi connectivity index (χ2n) is 13.3. The van der Waals surface area contributed by atoms with Crippen LogP contribution in [0.5, 0.6) is 97.7 Å². The number of aromatic hydroxyl groups is 17. The Bertz CT molecular complexity index is 3360. The van der Waals surface area contributed by atoms with Gasteiger partial charge in [-0.3, -0.25) is 4.79 Å². The number of carbonyl (C=O) groups is 1. The molecule has 0 unspecified atom stereocenters. The Labute approximate surface area is 312 Å². The zero-order chi connectivity index (χ0) is 41.2. The van der Waals surface area contributed by atoms with Gasteiger partial charge in [0.25, 0.3) is 0 Å². The van der Waals surface area contributed by atoms with Gasteiger partial charge in [0, 0.05) is 48.8 Å². The molecule has 0 aromatic heterocycles. The molecule has 286 valence electrons. The van der Waals surface area contributed by atoms with Crippen molar-refractivity contribution >= 4 is 70.9 Å². The van der Waals surface area contributed by atoms with Crippen LogP contribution in [-0.4, -0.2) is 93.1 Å². The topological polar surface area (TPSA) is 361 Å². The maximum atomic E-state index is 12.2. The number of phenols is 17. The molecule has 17 N–H and O–H groups in total. The minimum absolute atomic E-state index is 0.0190. The molecule has 0 radical (unpaired) electrons. The first kappa shape index (κ1) is 34.1. The van der Waals surface area contributed by atoms with Gasteiger partial charge in [-0.05, 0) is 17.2 Å². The Hall–Kier alpha value is -8.67. The van der Waals surface area contributed by atoms with Gasteiger partial charge in [0.05, 0.1) is 32.5 Å².